The summed E-state index contributed by atoms with van der Waals surface area (Å²) in [7, 11) is 1.58. The number of anilines is 1. The maximum atomic E-state index is 11.3. The lowest BCUT2D eigenvalue weighted by atomic mass is 10.1. The lowest BCUT2D eigenvalue weighted by Crippen LogP contribution is -2.34. The Morgan fingerprint density at radius 2 is 2.00 bits per heavy atom. The molecule has 0 fully saturated rings. The molecule has 5 heteroatoms. The minimum Gasteiger partial charge on any atom is -0.449 e. The second-order valence-corrected chi connectivity index (χ2v) is 5.16. The number of ether oxygens (including phenoxy) is 2. The Morgan fingerprint density at radius 1 is 1.25 bits per heavy atom. The van der Waals surface area contributed by atoms with Gasteiger partial charge in [-0.05, 0) is 18.6 Å². The smallest absolute Gasteiger partial charge is 0.318 e. The number of fused-ring (bicyclic) bond motifs is 1. The number of hydrogen-bond acceptors (Lipinski definition) is 3. The summed E-state index contributed by atoms with van der Waals surface area (Å²) in [6.07, 6.45) is 4.27. The van der Waals surface area contributed by atoms with Gasteiger partial charge in [0.2, 0.25) is 5.79 Å². The van der Waals surface area contributed by atoms with Crippen LogP contribution in [0.5, 0.6) is 11.5 Å². The molecule has 0 radical (unpaired) electrons. The predicted octanol–water partition coefficient (Wildman–Crippen LogP) is 3.51. The number of urea groups is 1. The van der Waals surface area contributed by atoms with Crippen LogP contribution >= 0.6 is 0 Å². The van der Waals surface area contributed by atoms with E-state index < -0.39 is 5.79 Å². The zero-order valence-corrected chi connectivity index (χ0v) is 12.3. The third-order valence-corrected chi connectivity index (χ3v) is 3.31. The molecule has 110 valence electrons. The Kier molecular flexibility index (Phi) is 4.37. The fourth-order valence-corrected chi connectivity index (χ4v) is 2.23. The van der Waals surface area contributed by atoms with Gasteiger partial charge in [-0.25, -0.2) is 4.79 Å². The van der Waals surface area contributed by atoms with Gasteiger partial charge < -0.3 is 20.1 Å². The van der Waals surface area contributed by atoms with E-state index in [9.17, 15) is 4.79 Å². The van der Waals surface area contributed by atoms with Crippen molar-refractivity contribution in [3.8, 4) is 11.5 Å². The number of unbranched alkanes of at least 4 members (excludes halogenated alkanes) is 2. The van der Waals surface area contributed by atoms with Gasteiger partial charge in [0.25, 0.3) is 0 Å². The summed E-state index contributed by atoms with van der Waals surface area (Å²) < 4.78 is 11.8. The van der Waals surface area contributed by atoms with Crippen molar-refractivity contribution >= 4 is 11.7 Å². The van der Waals surface area contributed by atoms with Crippen molar-refractivity contribution in [1.29, 1.82) is 0 Å². The van der Waals surface area contributed by atoms with Crippen molar-refractivity contribution in [3.63, 3.8) is 0 Å². The van der Waals surface area contributed by atoms with Gasteiger partial charge in [0.15, 0.2) is 11.5 Å². The second kappa shape index (κ2) is 6.03. The molecular weight excluding hydrogens is 256 g/mol. The van der Waals surface area contributed by atoms with E-state index in [1.54, 1.807) is 19.2 Å². The van der Waals surface area contributed by atoms with Gasteiger partial charge in [-0.3, -0.25) is 0 Å². The summed E-state index contributed by atoms with van der Waals surface area (Å²) in [6, 6.07) is 5.16. The molecule has 1 aromatic carbocycles. The van der Waals surface area contributed by atoms with Crippen LogP contribution in [0.1, 0.15) is 39.5 Å². The number of nitrogens with one attached hydrogen (secondary N) is 2. The summed E-state index contributed by atoms with van der Waals surface area (Å²) in [5.41, 5.74) is 0.685. The highest BCUT2D eigenvalue weighted by Crippen LogP contribution is 2.42. The molecule has 0 saturated heterocycles. The van der Waals surface area contributed by atoms with Crippen molar-refractivity contribution in [1.82, 2.24) is 5.32 Å². The molecule has 0 spiro atoms. The standard InChI is InChI=1S/C15H22N2O3/c1-4-5-6-9-15(2)19-12-8-7-11(10-13(12)20-15)17-14(18)16-3/h7-8,10H,4-6,9H2,1-3H3,(H2,16,17,18). The van der Waals surface area contributed by atoms with E-state index in [0.29, 0.717) is 11.4 Å². The fraction of sp³-hybridized carbons (Fsp3) is 0.533. The molecule has 5 nitrogen and oxygen atoms in total. The highest BCUT2D eigenvalue weighted by atomic mass is 16.7. The first-order valence-corrected chi connectivity index (χ1v) is 7.07. The lowest BCUT2D eigenvalue weighted by molar-refractivity contribution is -0.0696. The van der Waals surface area contributed by atoms with Crippen LogP contribution < -0.4 is 20.1 Å². The molecule has 2 rings (SSSR count). The van der Waals surface area contributed by atoms with Crippen LogP contribution in [0.25, 0.3) is 0 Å². The summed E-state index contributed by atoms with van der Waals surface area (Å²) in [6.45, 7) is 4.12. The number of rotatable bonds is 5. The van der Waals surface area contributed by atoms with E-state index in [4.69, 9.17) is 9.47 Å². The first-order chi connectivity index (χ1) is 9.56. The molecule has 1 aliphatic rings. The quantitative estimate of drug-likeness (QED) is 0.810. The Bertz CT molecular complexity index is 490. The first-order valence-electron chi connectivity index (χ1n) is 7.07. The van der Waals surface area contributed by atoms with Crippen LogP contribution in [0, 0.1) is 0 Å². The van der Waals surface area contributed by atoms with Gasteiger partial charge >= 0.3 is 6.03 Å². The lowest BCUT2D eigenvalue weighted by Gasteiger charge is -2.22. The molecule has 1 heterocycles. The van der Waals surface area contributed by atoms with Crippen molar-refractivity contribution in [2.24, 2.45) is 0 Å². The van der Waals surface area contributed by atoms with Crippen molar-refractivity contribution in [2.45, 2.75) is 45.3 Å². The molecule has 2 N–H and O–H groups in total. The number of benzene rings is 1. The molecular formula is C15H22N2O3. The summed E-state index contributed by atoms with van der Waals surface area (Å²) in [4.78, 5) is 11.3. The molecule has 1 aliphatic heterocycles. The predicted molar refractivity (Wildman–Crippen MR) is 78.3 cm³/mol. The maximum Gasteiger partial charge on any atom is 0.318 e. The van der Waals surface area contributed by atoms with Gasteiger partial charge in [0.1, 0.15) is 0 Å². The number of hydrogen-bond donors (Lipinski definition) is 2. The van der Waals surface area contributed by atoms with E-state index in [-0.39, 0.29) is 6.03 Å². The van der Waals surface area contributed by atoms with Gasteiger partial charge in [-0.15, -0.1) is 0 Å². The van der Waals surface area contributed by atoms with E-state index in [1.807, 2.05) is 13.0 Å². The first kappa shape index (κ1) is 14.5. The monoisotopic (exact) mass is 278 g/mol. The van der Waals surface area contributed by atoms with Crippen LogP contribution in [-0.4, -0.2) is 18.9 Å². The molecule has 2 amide bonds. The average Bonchev–Trinajstić information content (AvgIpc) is 2.74. The van der Waals surface area contributed by atoms with Crippen LogP contribution in [0.15, 0.2) is 18.2 Å². The topological polar surface area (TPSA) is 59.6 Å². The normalized spacial score (nSPS) is 19.8. The van der Waals surface area contributed by atoms with Crippen LogP contribution in [0.2, 0.25) is 0 Å². The van der Waals surface area contributed by atoms with E-state index in [0.717, 1.165) is 18.6 Å². The van der Waals surface area contributed by atoms with Gasteiger partial charge in [0, 0.05) is 32.1 Å². The van der Waals surface area contributed by atoms with E-state index in [2.05, 4.69) is 17.6 Å². The van der Waals surface area contributed by atoms with Gasteiger partial charge in [-0.1, -0.05) is 19.8 Å². The SMILES string of the molecule is CCCCCC1(C)Oc2ccc(NC(=O)NC)cc2O1. The minimum absolute atomic E-state index is 0.255. The Hall–Kier alpha value is -1.91. The van der Waals surface area contributed by atoms with Crippen LogP contribution in [0.4, 0.5) is 10.5 Å². The molecule has 1 atom stereocenters. The molecule has 1 unspecified atom stereocenters. The summed E-state index contributed by atoms with van der Waals surface area (Å²) in [5, 5.41) is 5.22. The van der Waals surface area contributed by atoms with Gasteiger partial charge in [0.05, 0.1) is 0 Å². The zero-order valence-electron chi connectivity index (χ0n) is 12.3. The fourth-order valence-electron chi connectivity index (χ4n) is 2.23. The summed E-state index contributed by atoms with van der Waals surface area (Å²) >= 11 is 0. The Balaban J connectivity index is 2.02. The second-order valence-electron chi connectivity index (χ2n) is 5.16. The number of amides is 2. The maximum absolute atomic E-state index is 11.3. The molecule has 0 bridgehead atoms. The van der Waals surface area contributed by atoms with Crippen molar-refractivity contribution < 1.29 is 14.3 Å². The molecule has 1 aromatic rings. The third kappa shape index (κ3) is 3.35. The zero-order chi connectivity index (χ0) is 14.6. The minimum atomic E-state index is -0.594. The van der Waals surface area contributed by atoms with Crippen LogP contribution in [-0.2, 0) is 0 Å². The molecule has 0 aromatic heterocycles. The number of carbonyl (C=O) groups excluding carboxylic acids is 1. The van der Waals surface area contributed by atoms with Crippen LogP contribution in [0.3, 0.4) is 0 Å². The van der Waals surface area contributed by atoms with Crippen molar-refractivity contribution in [2.75, 3.05) is 12.4 Å². The Morgan fingerprint density at radius 3 is 2.70 bits per heavy atom. The highest BCUT2D eigenvalue weighted by Gasteiger charge is 2.36. The van der Waals surface area contributed by atoms with E-state index in [1.165, 1.54) is 12.8 Å². The largest absolute Gasteiger partial charge is 0.449 e. The molecule has 20 heavy (non-hydrogen) atoms. The average molecular weight is 278 g/mol. The Labute approximate surface area is 119 Å². The summed E-state index contributed by atoms with van der Waals surface area (Å²) in [5.74, 6) is 0.813. The third-order valence-electron chi connectivity index (χ3n) is 3.31. The number of carbonyl (C=O) groups is 1. The van der Waals surface area contributed by atoms with E-state index >= 15 is 0 Å². The molecule has 0 aliphatic carbocycles. The molecule has 0 saturated carbocycles. The highest BCUT2D eigenvalue weighted by molar-refractivity contribution is 5.89. The van der Waals surface area contributed by atoms with Gasteiger partial charge in [-0.2, -0.15) is 0 Å². The van der Waals surface area contributed by atoms with Crippen molar-refractivity contribution in [3.05, 3.63) is 18.2 Å².